The van der Waals surface area contributed by atoms with E-state index >= 15 is 0 Å². The fourth-order valence-corrected chi connectivity index (χ4v) is 12.7. The van der Waals surface area contributed by atoms with E-state index in [4.69, 9.17) is 4.74 Å². The van der Waals surface area contributed by atoms with Gasteiger partial charge in [0.1, 0.15) is 6.10 Å². The highest BCUT2D eigenvalue weighted by molar-refractivity contribution is 5.69. The second-order valence-corrected chi connectivity index (χ2v) is 19.1. The molecule has 0 aromatic heterocycles. The lowest BCUT2D eigenvalue weighted by Crippen LogP contribution is -2.64. The van der Waals surface area contributed by atoms with Crippen LogP contribution in [0, 0.1) is 45.3 Å². The van der Waals surface area contributed by atoms with Crippen molar-refractivity contribution < 1.29 is 14.6 Å². The second kappa shape index (κ2) is 16.0. The number of ether oxygens (including phenoxy) is 1. The molecule has 3 nitrogen and oxygen atoms in total. The third-order valence-electron chi connectivity index (χ3n) is 15.6. The van der Waals surface area contributed by atoms with Gasteiger partial charge in [0.15, 0.2) is 0 Å². The van der Waals surface area contributed by atoms with Crippen LogP contribution in [-0.2, 0) is 9.53 Å². The summed E-state index contributed by atoms with van der Waals surface area (Å²) < 4.78 is 6.37. The number of aliphatic hydroxyl groups is 1. The molecule has 272 valence electrons. The Kier molecular flexibility index (Phi) is 13.3. The second-order valence-electron chi connectivity index (χ2n) is 19.1. The molecule has 9 atom stereocenters. The van der Waals surface area contributed by atoms with Crippen LogP contribution < -0.4 is 0 Å². The Labute approximate surface area is 292 Å². The number of rotatable bonds is 17. The number of hydrogen-bond donors (Lipinski definition) is 1. The normalized spacial score (nSPS) is 37.3. The van der Waals surface area contributed by atoms with Gasteiger partial charge >= 0.3 is 5.97 Å². The summed E-state index contributed by atoms with van der Waals surface area (Å²) in [6.45, 7) is 21.6. The minimum Gasteiger partial charge on any atom is -0.462 e. The van der Waals surface area contributed by atoms with Crippen molar-refractivity contribution in [2.24, 2.45) is 45.3 Å². The molecule has 0 amide bonds. The van der Waals surface area contributed by atoms with Gasteiger partial charge in [0.05, 0.1) is 5.60 Å². The smallest absolute Gasteiger partial charge is 0.306 e. The highest BCUT2D eigenvalue weighted by Gasteiger charge is 2.69. The fraction of sp³-hybridized carbons (Fsp3) is 0.932. The Morgan fingerprint density at radius 3 is 1.98 bits per heavy atom. The van der Waals surface area contributed by atoms with Gasteiger partial charge < -0.3 is 9.84 Å². The van der Waals surface area contributed by atoms with Crippen molar-refractivity contribution in [3.8, 4) is 0 Å². The molecule has 0 aromatic rings. The maximum Gasteiger partial charge on any atom is 0.306 e. The quantitative estimate of drug-likeness (QED) is 0.0964. The maximum absolute atomic E-state index is 13.1. The summed E-state index contributed by atoms with van der Waals surface area (Å²) in [5.41, 5.74) is 1.65. The highest BCUT2D eigenvalue weighted by atomic mass is 16.5. The number of unbranched alkanes of at least 4 members (excludes halogenated alkanes) is 10. The summed E-state index contributed by atoms with van der Waals surface area (Å²) in [5, 5.41) is 11.8. The Balaban J connectivity index is 1.30. The van der Waals surface area contributed by atoms with E-state index in [0.717, 1.165) is 32.1 Å². The van der Waals surface area contributed by atoms with Gasteiger partial charge in [-0.15, -0.1) is 0 Å². The molecule has 0 radical (unpaired) electrons. The number of fused-ring (bicyclic) bond motifs is 5. The maximum atomic E-state index is 13.1. The van der Waals surface area contributed by atoms with Gasteiger partial charge in [-0.25, -0.2) is 0 Å². The molecule has 0 saturated heterocycles. The molecule has 9 unspecified atom stereocenters. The number of carbonyl (C=O) groups is 1. The van der Waals surface area contributed by atoms with Gasteiger partial charge in [0, 0.05) is 11.8 Å². The van der Waals surface area contributed by atoms with Gasteiger partial charge in [-0.2, -0.15) is 0 Å². The predicted molar refractivity (Wildman–Crippen MR) is 199 cm³/mol. The molecule has 0 heterocycles. The van der Waals surface area contributed by atoms with Crippen LogP contribution in [0.5, 0.6) is 0 Å². The Morgan fingerprint density at radius 2 is 1.36 bits per heavy atom. The average molecular weight is 655 g/mol. The van der Waals surface area contributed by atoms with Crippen molar-refractivity contribution in [3.63, 3.8) is 0 Å². The predicted octanol–water partition coefficient (Wildman–Crippen LogP) is 12.8. The number of carbonyl (C=O) groups excluding carboxylic acids is 1. The van der Waals surface area contributed by atoms with Gasteiger partial charge in [-0.3, -0.25) is 4.79 Å². The number of hydrogen-bond acceptors (Lipinski definition) is 3. The third-order valence-corrected chi connectivity index (χ3v) is 15.6. The van der Waals surface area contributed by atoms with E-state index in [-0.39, 0.29) is 28.3 Å². The lowest BCUT2D eigenvalue weighted by molar-refractivity contribution is -0.230. The largest absolute Gasteiger partial charge is 0.462 e. The van der Waals surface area contributed by atoms with Crippen LogP contribution in [0.1, 0.15) is 204 Å². The SMILES string of the molecule is CCCCCCCCCCCCCC(=O)OC1CCC2(C)C(CCC3(C)C2CCC2C(C(C)(O)CCC=C(C)C)CCC23C)C1(C)C. The van der Waals surface area contributed by atoms with Crippen LogP contribution in [0.25, 0.3) is 0 Å². The molecule has 3 heteroatoms. The van der Waals surface area contributed by atoms with E-state index in [1.807, 2.05) is 0 Å². The van der Waals surface area contributed by atoms with Gasteiger partial charge in [0.25, 0.3) is 0 Å². The summed E-state index contributed by atoms with van der Waals surface area (Å²) in [7, 11) is 0. The summed E-state index contributed by atoms with van der Waals surface area (Å²) in [6.07, 6.45) is 28.9. The van der Waals surface area contributed by atoms with Crippen molar-refractivity contribution in [2.45, 2.75) is 215 Å². The zero-order valence-electron chi connectivity index (χ0n) is 32.8. The van der Waals surface area contributed by atoms with Crippen molar-refractivity contribution in [2.75, 3.05) is 0 Å². The molecular formula is C44H78O3. The molecule has 1 N–H and O–H groups in total. The first-order valence-corrected chi connectivity index (χ1v) is 20.7. The molecule has 0 aliphatic heterocycles. The first-order chi connectivity index (χ1) is 22.1. The van der Waals surface area contributed by atoms with Crippen LogP contribution in [0.2, 0.25) is 0 Å². The van der Waals surface area contributed by atoms with E-state index < -0.39 is 5.60 Å². The molecule has 47 heavy (non-hydrogen) atoms. The molecule has 4 aliphatic carbocycles. The van der Waals surface area contributed by atoms with E-state index in [1.165, 1.54) is 108 Å². The fourth-order valence-electron chi connectivity index (χ4n) is 12.7. The van der Waals surface area contributed by atoms with Crippen LogP contribution in [-0.4, -0.2) is 22.8 Å². The van der Waals surface area contributed by atoms with Gasteiger partial charge in [-0.1, -0.05) is 117 Å². The lowest BCUT2D eigenvalue weighted by atomic mass is 9.35. The van der Waals surface area contributed by atoms with E-state index in [1.54, 1.807) is 0 Å². The molecule has 4 aliphatic rings. The Hall–Kier alpha value is -0.830. The van der Waals surface area contributed by atoms with Crippen molar-refractivity contribution >= 4 is 5.97 Å². The minimum atomic E-state index is -0.587. The highest BCUT2D eigenvalue weighted by Crippen LogP contribution is 2.76. The summed E-state index contributed by atoms with van der Waals surface area (Å²) in [4.78, 5) is 13.1. The summed E-state index contributed by atoms with van der Waals surface area (Å²) in [6, 6.07) is 0. The van der Waals surface area contributed by atoms with Gasteiger partial charge in [0.2, 0.25) is 0 Å². The lowest BCUT2D eigenvalue weighted by Gasteiger charge is -2.70. The zero-order valence-corrected chi connectivity index (χ0v) is 32.8. The molecule has 4 saturated carbocycles. The molecule has 0 aromatic carbocycles. The third kappa shape index (κ3) is 8.22. The molecular weight excluding hydrogens is 576 g/mol. The number of allylic oxidation sites excluding steroid dienone is 2. The zero-order chi connectivity index (χ0) is 34.5. The Morgan fingerprint density at radius 1 is 0.766 bits per heavy atom. The molecule has 0 spiro atoms. The standard InChI is InChI=1S/C44H78O3/c1-10-11-12-13-14-15-16-17-18-19-20-23-39(45)47-38-28-30-41(6)36(40(38,4)5)27-32-43(8)37(41)25-24-34-35(26-31-42(34,43)7)44(9,46)29-21-22-33(2)3/h22,34-38,46H,10-21,23-32H2,1-9H3. The number of esters is 1. The van der Waals surface area contributed by atoms with E-state index in [9.17, 15) is 9.90 Å². The van der Waals surface area contributed by atoms with Crippen molar-refractivity contribution in [1.82, 2.24) is 0 Å². The van der Waals surface area contributed by atoms with Crippen LogP contribution in [0.15, 0.2) is 11.6 Å². The first kappa shape index (κ1) is 39.0. The van der Waals surface area contributed by atoms with Gasteiger partial charge in [-0.05, 0) is 131 Å². The van der Waals surface area contributed by atoms with Crippen LogP contribution in [0.3, 0.4) is 0 Å². The van der Waals surface area contributed by atoms with Crippen molar-refractivity contribution in [1.29, 1.82) is 0 Å². The average Bonchev–Trinajstić information content (AvgIpc) is 3.36. The molecule has 4 fully saturated rings. The monoisotopic (exact) mass is 655 g/mol. The summed E-state index contributed by atoms with van der Waals surface area (Å²) >= 11 is 0. The molecule has 4 rings (SSSR count). The van der Waals surface area contributed by atoms with E-state index in [2.05, 4.69) is 68.4 Å². The van der Waals surface area contributed by atoms with Crippen LogP contribution in [0.4, 0.5) is 0 Å². The van der Waals surface area contributed by atoms with Crippen LogP contribution >= 0.6 is 0 Å². The van der Waals surface area contributed by atoms with Crippen molar-refractivity contribution in [3.05, 3.63) is 11.6 Å². The van der Waals surface area contributed by atoms with E-state index in [0.29, 0.717) is 35.5 Å². The topological polar surface area (TPSA) is 46.5 Å². The first-order valence-electron chi connectivity index (χ1n) is 20.7. The Bertz CT molecular complexity index is 1040. The molecule has 0 bridgehead atoms. The minimum absolute atomic E-state index is 0.00564. The summed E-state index contributed by atoms with van der Waals surface area (Å²) in [5.74, 6) is 2.37.